The van der Waals surface area contributed by atoms with Crippen LogP contribution >= 0.6 is 11.3 Å². The maximum absolute atomic E-state index is 12.4. The zero-order valence-corrected chi connectivity index (χ0v) is 17.7. The van der Waals surface area contributed by atoms with Crippen molar-refractivity contribution in [3.8, 4) is 22.1 Å². The van der Waals surface area contributed by atoms with Crippen molar-refractivity contribution < 1.29 is 27.5 Å². The van der Waals surface area contributed by atoms with Crippen LogP contribution in [0.5, 0.6) is 11.5 Å². The number of nitrogens with zero attached hydrogens (tertiary/aromatic N) is 1. The Bertz CT molecular complexity index is 1170. The number of sulfonamides is 1. The number of nitrogens with one attached hydrogen (secondary N) is 1. The van der Waals surface area contributed by atoms with Gasteiger partial charge in [-0.15, -0.1) is 11.3 Å². The first-order valence-electron chi connectivity index (χ1n) is 8.68. The molecule has 0 unspecified atom stereocenters. The minimum absolute atomic E-state index is 0.151. The molecule has 0 fully saturated rings. The van der Waals surface area contributed by atoms with Gasteiger partial charge in [0.05, 0.1) is 7.11 Å². The molecule has 3 aromatic rings. The Hall–Kier alpha value is -3.24. The van der Waals surface area contributed by atoms with E-state index in [4.69, 9.17) is 9.47 Å². The fourth-order valence-electron chi connectivity index (χ4n) is 2.48. The van der Waals surface area contributed by atoms with E-state index in [0.29, 0.717) is 10.6 Å². The second-order valence-corrected chi connectivity index (χ2v) is 8.58. The third-order valence-electron chi connectivity index (χ3n) is 3.96. The highest BCUT2D eigenvalue weighted by atomic mass is 32.2. The number of benzene rings is 2. The van der Waals surface area contributed by atoms with Crippen LogP contribution in [0.2, 0.25) is 0 Å². The van der Waals surface area contributed by atoms with Crippen molar-refractivity contribution in [3.05, 3.63) is 59.5 Å². The van der Waals surface area contributed by atoms with Crippen molar-refractivity contribution in [2.45, 2.75) is 11.9 Å². The summed E-state index contributed by atoms with van der Waals surface area (Å²) in [6, 6.07) is 13.6. The van der Waals surface area contributed by atoms with Crippen LogP contribution in [0.3, 0.4) is 0 Å². The largest absolute Gasteiger partial charge is 0.493 e. The predicted octanol–water partition coefficient (Wildman–Crippen LogP) is 2.91. The van der Waals surface area contributed by atoms with Gasteiger partial charge in [0.15, 0.2) is 28.9 Å². The highest BCUT2D eigenvalue weighted by Crippen LogP contribution is 2.28. The Morgan fingerprint density at radius 3 is 2.50 bits per heavy atom. The van der Waals surface area contributed by atoms with Crippen molar-refractivity contribution >= 4 is 33.1 Å². The van der Waals surface area contributed by atoms with Gasteiger partial charge in [0.25, 0.3) is 15.9 Å². The van der Waals surface area contributed by atoms with Crippen LogP contribution < -0.4 is 14.2 Å². The highest BCUT2D eigenvalue weighted by molar-refractivity contribution is 7.90. The van der Waals surface area contributed by atoms with Gasteiger partial charge in [0.2, 0.25) is 0 Å². The van der Waals surface area contributed by atoms with E-state index >= 15 is 0 Å². The van der Waals surface area contributed by atoms with Crippen LogP contribution in [-0.2, 0) is 14.8 Å². The average molecular weight is 447 g/mol. The van der Waals surface area contributed by atoms with Crippen molar-refractivity contribution in [2.24, 2.45) is 0 Å². The van der Waals surface area contributed by atoms with E-state index in [1.54, 1.807) is 0 Å². The number of ketones is 1. The van der Waals surface area contributed by atoms with Crippen LogP contribution in [0.15, 0.2) is 58.9 Å². The quantitative estimate of drug-likeness (QED) is 0.530. The Labute approximate surface area is 177 Å². The summed E-state index contributed by atoms with van der Waals surface area (Å²) < 4.78 is 37.3. The van der Waals surface area contributed by atoms with E-state index in [1.165, 1.54) is 37.6 Å². The van der Waals surface area contributed by atoms with E-state index in [-0.39, 0.29) is 22.3 Å². The minimum Gasteiger partial charge on any atom is -0.493 e. The van der Waals surface area contributed by atoms with Gasteiger partial charge in [-0.2, -0.15) is 8.42 Å². The summed E-state index contributed by atoms with van der Waals surface area (Å²) >= 11 is 1.16. The molecule has 0 radical (unpaired) electrons. The van der Waals surface area contributed by atoms with Gasteiger partial charge in [0.1, 0.15) is 5.01 Å². The lowest BCUT2D eigenvalue weighted by Crippen LogP contribution is -2.34. The number of carbonyl (C=O) groups is 2. The fraction of sp³-hybridized carbons (Fsp3) is 0.150. The lowest BCUT2D eigenvalue weighted by molar-refractivity contribution is -0.121. The van der Waals surface area contributed by atoms with Crippen molar-refractivity contribution in [1.82, 2.24) is 9.71 Å². The zero-order chi connectivity index (χ0) is 21.7. The summed E-state index contributed by atoms with van der Waals surface area (Å²) in [5, 5.41) is 1.64. The van der Waals surface area contributed by atoms with Crippen molar-refractivity contribution in [2.75, 3.05) is 13.7 Å². The second kappa shape index (κ2) is 9.06. The maximum Gasteiger partial charge on any atom is 0.282 e. The fourth-order valence-corrected chi connectivity index (χ4v) is 4.55. The van der Waals surface area contributed by atoms with Crippen LogP contribution in [0.1, 0.15) is 17.3 Å². The first-order chi connectivity index (χ1) is 14.3. The molecule has 1 amide bonds. The number of amides is 1. The van der Waals surface area contributed by atoms with Gasteiger partial charge in [-0.25, -0.2) is 9.71 Å². The zero-order valence-electron chi connectivity index (χ0n) is 16.1. The Morgan fingerprint density at radius 2 is 1.83 bits per heavy atom. The van der Waals surface area contributed by atoms with Gasteiger partial charge < -0.3 is 9.47 Å². The van der Waals surface area contributed by atoms with Crippen molar-refractivity contribution in [1.29, 1.82) is 0 Å². The molecule has 1 aromatic heterocycles. The molecule has 1 heterocycles. The molecule has 0 aliphatic carbocycles. The summed E-state index contributed by atoms with van der Waals surface area (Å²) in [5.74, 6) is -0.566. The molecule has 10 heteroatoms. The number of thiazole rings is 1. The van der Waals surface area contributed by atoms with E-state index in [9.17, 15) is 18.0 Å². The van der Waals surface area contributed by atoms with E-state index in [2.05, 4.69) is 4.98 Å². The molecule has 0 spiro atoms. The molecular weight excluding hydrogens is 428 g/mol. The van der Waals surface area contributed by atoms with Gasteiger partial charge in [-0.1, -0.05) is 30.3 Å². The number of ether oxygens (including phenoxy) is 2. The molecule has 0 atom stereocenters. The summed E-state index contributed by atoms with van der Waals surface area (Å²) in [6.45, 7) is 0.847. The molecule has 0 saturated carbocycles. The third kappa shape index (κ3) is 5.02. The third-order valence-corrected chi connectivity index (χ3v) is 6.25. The normalized spacial score (nSPS) is 11.0. The molecule has 2 aromatic carbocycles. The number of hydrogen-bond acceptors (Lipinski definition) is 8. The monoisotopic (exact) mass is 446 g/mol. The molecule has 1 N–H and O–H groups in total. The summed E-state index contributed by atoms with van der Waals surface area (Å²) in [4.78, 5) is 27.7. The lowest BCUT2D eigenvalue weighted by atomic mass is 10.1. The average Bonchev–Trinajstić information content (AvgIpc) is 3.24. The minimum atomic E-state index is -4.14. The van der Waals surface area contributed by atoms with Gasteiger partial charge >= 0.3 is 0 Å². The summed E-state index contributed by atoms with van der Waals surface area (Å²) in [5.41, 5.74) is 1.20. The molecular formula is C20H18N2O6S2. The first kappa shape index (κ1) is 21.5. The van der Waals surface area contributed by atoms with Crippen molar-refractivity contribution in [3.63, 3.8) is 0 Å². The van der Waals surface area contributed by atoms with Gasteiger partial charge in [-0.3, -0.25) is 9.59 Å². The van der Waals surface area contributed by atoms with Crippen LogP contribution in [0.4, 0.5) is 0 Å². The molecule has 156 valence electrons. The molecule has 0 aliphatic rings. The number of hydrogen-bond donors (Lipinski definition) is 1. The van der Waals surface area contributed by atoms with E-state index in [1.807, 2.05) is 35.1 Å². The molecule has 30 heavy (non-hydrogen) atoms. The van der Waals surface area contributed by atoms with Gasteiger partial charge in [0, 0.05) is 16.5 Å². The predicted molar refractivity (Wildman–Crippen MR) is 111 cm³/mol. The molecule has 8 nitrogen and oxygen atoms in total. The van der Waals surface area contributed by atoms with Crippen LogP contribution in [0, 0.1) is 0 Å². The highest BCUT2D eigenvalue weighted by Gasteiger charge is 2.22. The SMILES string of the molecule is COc1cc(C(C)=O)ccc1OCC(=O)NS(=O)(=O)c1csc(-c2ccccc2)n1. The van der Waals surface area contributed by atoms with Gasteiger partial charge in [-0.05, 0) is 25.1 Å². The smallest absolute Gasteiger partial charge is 0.282 e. The number of carbonyl (C=O) groups excluding carboxylic acids is 2. The van der Waals surface area contributed by atoms with E-state index in [0.717, 1.165) is 16.9 Å². The lowest BCUT2D eigenvalue weighted by Gasteiger charge is -2.11. The number of rotatable bonds is 8. The number of aromatic nitrogens is 1. The standard InChI is InChI=1S/C20H18N2O6S2/c1-13(23)15-8-9-16(17(10-15)27-2)28-11-18(24)22-30(25,26)19-12-29-20(21-19)14-6-4-3-5-7-14/h3-10,12H,11H2,1-2H3,(H,22,24). The molecule has 0 aliphatic heterocycles. The summed E-state index contributed by atoms with van der Waals surface area (Å²) in [6.07, 6.45) is 0. The maximum atomic E-state index is 12.4. The van der Waals surface area contributed by atoms with E-state index < -0.39 is 22.5 Å². The Balaban J connectivity index is 1.66. The number of Topliss-reactive ketones (excluding diaryl/α,β-unsaturated/α-hetero) is 1. The molecule has 0 saturated heterocycles. The topological polar surface area (TPSA) is 112 Å². The summed E-state index contributed by atoms with van der Waals surface area (Å²) in [7, 11) is -2.75. The molecule has 0 bridgehead atoms. The molecule has 3 rings (SSSR count). The second-order valence-electron chi connectivity index (χ2n) is 6.10. The van der Waals surface area contributed by atoms with Crippen LogP contribution in [0.25, 0.3) is 10.6 Å². The number of methoxy groups -OCH3 is 1. The first-order valence-corrected chi connectivity index (χ1v) is 11.0. The Morgan fingerprint density at radius 1 is 1.10 bits per heavy atom. The van der Waals surface area contributed by atoms with Crippen LogP contribution in [-0.4, -0.2) is 38.8 Å². The Kier molecular flexibility index (Phi) is 6.48.